The topological polar surface area (TPSA) is 129 Å². The van der Waals surface area contributed by atoms with Crippen LogP contribution in [0.1, 0.15) is 45.1 Å². The second-order valence-corrected chi connectivity index (χ2v) is 9.08. The number of carbonyl (C=O) groups is 4. The average Bonchev–Trinajstić information content (AvgIpc) is 3.61. The van der Waals surface area contributed by atoms with Crippen LogP contribution in [-0.2, 0) is 14.4 Å². The van der Waals surface area contributed by atoms with Crippen LogP contribution in [-0.4, -0.2) is 78.0 Å². The van der Waals surface area contributed by atoms with Crippen LogP contribution in [0.4, 0.5) is 0 Å². The predicted octanol–water partition coefficient (Wildman–Crippen LogP) is 3.27. The molecule has 10 heteroatoms. The molecule has 0 spiro atoms. The van der Waals surface area contributed by atoms with Gasteiger partial charge < -0.3 is 24.6 Å². The highest BCUT2D eigenvalue weighted by Gasteiger charge is 2.24. The van der Waals surface area contributed by atoms with Crippen LogP contribution >= 0.6 is 0 Å². The number of nitrogens with zero attached hydrogens (tertiary/aromatic N) is 2. The van der Waals surface area contributed by atoms with Crippen molar-refractivity contribution in [3.05, 3.63) is 89.4 Å². The molecule has 0 fully saturated rings. The van der Waals surface area contributed by atoms with Crippen molar-refractivity contribution in [3.63, 3.8) is 0 Å². The lowest BCUT2D eigenvalue weighted by molar-refractivity contribution is -0.187. The Bertz CT molecular complexity index is 1230. The van der Waals surface area contributed by atoms with Crippen LogP contribution < -0.4 is 5.32 Å². The monoisotopic (exact) mass is 535 g/mol. The number of ketones is 1. The number of amides is 1. The molecule has 2 aromatic rings. The quantitative estimate of drug-likeness (QED) is 0.131. The molecule has 1 amide bonds. The summed E-state index contributed by atoms with van der Waals surface area (Å²) in [5.41, 5.74) is 0.862. The molecule has 0 atom stereocenters. The fourth-order valence-corrected chi connectivity index (χ4v) is 3.81. The van der Waals surface area contributed by atoms with Gasteiger partial charge >= 0.3 is 11.9 Å². The lowest BCUT2D eigenvalue weighted by atomic mass is 10.1. The Labute approximate surface area is 227 Å². The molecule has 0 saturated carbocycles. The van der Waals surface area contributed by atoms with Crippen molar-refractivity contribution < 1.29 is 33.5 Å². The van der Waals surface area contributed by atoms with Gasteiger partial charge in [-0.3, -0.25) is 9.59 Å². The van der Waals surface area contributed by atoms with Gasteiger partial charge in [-0.15, -0.1) is 0 Å². The number of carboxylic acids is 1. The number of hydroxylamine groups is 2. The van der Waals surface area contributed by atoms with Crippen LogP contribution in [0.5, 0.6) is 0 Å². The summed E-state index contributed by atoms with van der Waals surface area (Å²) in [4.78, 5) is 54.9. The standard InChI is InChI=1S/C29H33N3O7/c1-21-9-16-26(38-21)25(33)15-12-22-10-13-23(14-11-22)27(34)32(39-29(37)28(35)36)20-6-19-31(2)18-5-17-30-24-7-3-4-8-24/h3-4,7-16,24,30H,5-6,17-20H2,1-2H3,(H,35,36)/b15-12+. The lowest BCUT2D eigenvalue weighted by Gasteiger charge is -2.22. The number of nitrogens with one attached hydrogen (secondary N) is 1. The minimum Gasteiger partial charge on any atom is -0.473 e. The third-order valence-corrected chi connectivity index (χ3v) is 5.91. The summed E-state index contributed by atoms with van der Waals surface area (Å²) in [5, 5.41) is 13.1. The van der Waals surface area contributed by atoms with Gasteiger partial charge in [-0.1, -0.05) is 42.5 Å². The Morgan fingerprint density at radius 3 is 2.33 bits per heavy atom. The van der Waals surface area contributed by atoms with E-state index in [2.05, 4.69) is 22.4 Å². The van der Waals surface area contributed by atoms with E-state index in [4.69, 9.17) is 14.4 Å². The molecule has 1 aromatic carbocycles. The van der Waals surface area contributed by atoms with E-state index in [9.17, 15) is 19.2 Å². The molecule has 0 radical (unpaired) electrons. The van der Waals surface area contributed by atoms with Crippen molar-refractivity contribution >= 4 is 29.7 Å². The molecule has 39 heavy (non-hydrogen) atoms. The van der Waals surface area contributed by atoms with Crippen LogP contribution in [0, 0.1) is 6.92 Å². The van der Waals surface area contributed by atoms with Crippen LogP contribution in [0.25, 0.3) is 6.08 Å². The van der Waals surface area contributed by atoms with E-state index in [1.165, 1.54) is 18.2 Å². The van der Waals surface area contributed by atoms with Crippen molar-refractivity contribution in [2.24, 2.45) is 0 Å². The number of hydrogen-bond donors (Lipinski definition) is 2. The van der Waals surface area contributed by atoms with E-state index >= 15 is 0 Å². The molecule has 0 aliphatic heterocycles. The molecule has 1 aliphatic rings. The van der Waals surface area contributed by atoms with Gasteiger partial charge in [0.2, 0.25) is 5.78 Å². The van der Waals surface area contributed by atoms with Crippen LogP contribution in [0.2, 0.25) is 0 Å². The molecule has 206 valence electrons. The smallest absolute Gasteiger partial charge is 0.441 e. The summed E-state index contributed by atoms with van der Waals surface area (Å²) >= 11 is 0. The van der Waals surface area contributed by atoms with Gasteiger partial charge in [-0.25, -0.2) is 9.59 Å². The van der Waals surface area contributed by atoms with Gasteiger partial charge in [0, 0.05) is 11.6 Å². The molecule has 10 nitrogen and oxygen atoms in total. The van der Waals surface area contributed by atoms with Crippen molar-refractivity contribution in [2.75, 3.05) is 33.2 Å². The largest absolute Gasteiger partial charge is 0.473 e. The number of furan rings is 1. The molecular formula is C29H33N3O7. The number of allylic oxidation sites excluding steroid dienone is 3. The van der Waals surface area contributed by atoms with E-state index in [-0.39, 0.29) is 29.7 Å². The Balaban J connectivity index is 1.52. The molecule has 2 N–H and O–H groups in total. The maximum absolute atomic E-state index is 13.0. The second kappa shape index (κ2) is 14.6. The van der Waals surface area contributed by atoms with Gasteiger partial charge in [0.05, 0.1) is 6.54 Å². The molecule has 1 heterocycles. The first-order valence-electron chi connectivity index (χ1n) is 12.7. The maximum atomic E-state index is 13.0. The van der Waals surface area contributed by atoms with Crippen LogP contribution in [0.15, 0.2) is 71.2 Å². The first kappa shape index (κ1) is 29.3. The van der Waals surface area contributed by atoms with Gasteiger partial charge in [0.25, 0.3) is 5.91 Å². The highest BCUT2D eigenvalue weighted by molar-refractivity contribution is 6.28. The van der Waals surface area contributed by atoms with Gasteiger partial charge in [0.1, 0.15) is 5.76 Å². The molecule has 3 rings (SSSR count). The molecule has 0 bridgehead atoms. The number of hydrogen-bond acceptors (Lipinski definition) is 8. The highest BCUT2D eigenvalue weighted by Crippen LogP contribution is 2.13. The zero-order valence-corrected chi connectivity index (χ0v) is 22.0. The van der Waals surface area contributed by atoms with E-state index < -0.39 is 17.8 Å². The van der Waals surface area contributed by atoms with E-state index in [1.807, 2.05) is 19.2 Å². The summed E-state index contributed by atoms with van der Waals surface area (Å²) in [6, 6.07) is 9.85. The van der Waals surface area contributed by atoms with Crippen molar-refractivity contribution in [2.45, 2.75) is 25.8 Å². The zero-order chi connectivity index (χ0) is 28.2. The number of benzene rings is 1. The van der Waals surface area contributed by atoms with E-state index in [1.54, 1.807) is 37.3 Å². The maximum Gasteiger partial charge on any atom is 0.441 e. The Kier molecular flexibility index (Phi) is 11.0. The number of rotatable bonds is 13. The van der Waals surface area contributed by atoms with Crippen molar-refractivity contribution in [1.82, 2.24) is 15.3 Å². The van der Waals surface area contributed by atoms with E-state index in [0.29, 0.717) is 24.3 Å². The van der Waals surface area contributed by atoms with Crippen molar-refractivity contribution in [3.8, 4) is 0 Å². The highest BCUT2D eigenvalue weighted by atomic mass is 16.7. The van der Waals surface area contributed by atoms with Gasteiger partial charge in [-0.2, -0.15) is 5.06 Å². The summed E-state index contributed by atoms with van der Waals surface area (Å²) < 4.78 is 5.31. The molecule has 1 aliphatic carbocycles. The van der Waals surface area contributed by atoms with Gasteiger partial charge in [-0.05, 0) is 82.4 Å². The first-order valence-corrected chi connectivity index (χ1v) is 12.7. The Morgan fingerprint density at radius 1 is 1.00 bits per heavy atom. The summed E-state index contributed by atoms with van der Waals surface area (Å²) in [6.07, 6.45) is 12.5. The molecule has 0 unspecified atom stereocenters. The van der Waals surface area contributed by atoms with Crippen molar-refractivity contribution in [1.29, 1.82) is 0 Å². The number of carboxylic acid groups (broad SMARTS) is 1. The Hall–Kier alpha value is -4.28. The lowest BCUT2D eigenvalue weighted by Crippen LogP contribution is -2.38. The SMILES string of the molecule is Cc1ccc(C(=O)/C=C/c2ccc(C(=O)N(CCCN(C)CCCNC3C=CC=C3)OC(=O)C(=O)O)cc2)o1. The third kappa shape index (κ3) is 9.51. The Morgan fingerprint density at radius 2 is 1.69 bits per heavy atom. The number of carbonyl (C=O) groups excluding carboxylic acids is 3. The minimum absolute atomic E-state index is 0.0246. The molecular weight excluding hydrogens is 502 g/mol. The summed E-state index contributed by atoms with van der Waals surface area (Å²) in [5.74, 6) is -3.40. The average molecular weight is 536 g/mol. The predicted molar refractivity (Wildman–Crippen MR) is 145 cm³/mol. The number of aryl methyl sites for hydroxylation is 1. The van der Waals surface area contributed by atoms with E-state index in [0.717, 1.165) is 24.6 Å². The normalized spacial score (nSPS) is 12.9. The number of aliphatic carboxylic acids is 1. The zero-order valence-electron chi connectivity index (χ0n) is 22.0. The second-order valence-electron chi connectivity index (χ2n) is 9.08. The fraction of sp³-hybridized carbons (Fsp3) is 0.310. The first-order chi connectivity index (χ1) is 18.7. The van der Waals surface area contributed by atoms with Crippen LogP contribution in [0.3, 0.4) is 0 Å². The summed E-state index contributed by atoms with van der Waals surface area (Å²) in [6.45, 7) is 4.07. The van der Waals surface area contributed by atoms with Gasteiger partial charge in [0.15, 0.2) is 5.76 Å². The summed E-state index contributed by atoms with van der Waals surface area (Å²) in [7, 11) is 1.95. The fourth-order valence-electron chi connectivity index (χ4n) is 3.81. The molecule has 1 aromatic heterocycles. The minimum atomic E-state index is -1.79. The third-order valence-electron chi connectivity index (χ3n) is 5.91. The molecule has 0 saturated heterocycles.